The van der Waals surface area contributed by atoms with Crippen LogP contribution in [0.25, 0.3) is 0 Å². The first-order chi connectivity index (χ1) is 9.08. The number of ether oxygens (including phenoxy) is 2. The number of aliphatic hydroxyl groups is 1. The first-order valence-electron chi connectivity index (χ1n) is 6.21. The standard InChI is InChI=1S/C15H18O4/c1-3-15(2)12(19-14(17)13(15)16)10-18-9-11-7-5-4-6-8-11/h3-8,12-13,16H,1,9-10H2,2H3/t12-,13+,15-/m1/s1. The second kappa shape index (κ2) is 5.55. The number of hydrogen-bond acceptors (Lipinski definition) is 4. The van der Waals surface area contributed by atoms with Crippen LogP contribution in [-0.2, 0) is 20.9 Å². The van der Waals surface area contributed by atoms with Gasteiger partial charge in [0.1, 0.15) is 6.10 Å². The van der Waals surface area contributed by atoms with Crippen molar-refractivity contribution in [1.29, 1.82) is 0 Å². The molecule has 2 rings (SSSR count). The molecule has 0 aromatic heterocycles. The van der Waals surface area contributed by atoms with Crippen molar-refractivity contribution in [2.24, 2.45) is 5.41 Å². The highest BCUT2D eigenvalue weighted by Gasteiger charge is 2.51. The van der Waals surface area contributed by atoms with Crippen LogP contribution >= 0.6 is 0 Å². The molecule has 1 fully saturated rings. The molecule has 0 spiro atoms. The number of carbonyl (C=O) groups is 1. The van der Waals surface area contributed by atoms with Gasteiger partial charge in [-0.3, -0.25) is 0 Å². The zero-order valence-corrected chi connectivity index (χ0v) is 10.9. The van der Waals surface area contributed by atoms with E-state index < -0.39 is 23.6 Å². The van der Waals surface area contributed by atoms with Gasteiger partial charge in [0.25, 0.3) is 0 Å². The van der Waals surface area contributed by atoms with Crippen molar-refractivity contribution >= 4 is 5.97 Å². The van der Waals surface area contributed by atoms with Crippen molar-refractivity contribution in [3.63, 3.8) is 0 Å². The normalized spacial score (nSPS) is 30.1. The molecule has 1 N–H and O–H groups in total. The lowest BCUT2D eigenvalue weighted by atomic mass is 9.81. The molecule has 0 aliphatic carbocycles. The Morgan fingerprint density at radius 2 is 2.16 bits per heavy atom. The summed E-state index contributed by atoms with van der Waals surface area (Å²) >= 11 is 0. The SMILES string of the molecule is C=C[C@]1(C)[C@@H](COCc2ccccc2)OC(=O)[C@@H]1O. The lowest BCUT2D eigenvalue weighted by Gasteiger charge is -2.26. The third-order valence-corrected chi connectivity index (χ3v) is 3.59. The lowest BCUT2D eigenvalue weighted by Crippen LogP contribution is -2.37. The highest BCUT2D eigenvalue weighted by molar-refractivity contribution is 5.78. The highest BCUT2D eigenvalue weighted by atomic mass is 16.6. The Morgan fingerprint density at radius 1 is 1.47 bits per heavy atom. The molecule has 1 saturated heterocycles. The molecule has 1 aromatic carbocycles. The molecule has 0 radical (unpaired) electrons. The number of aliphatic hydroxyl groups excluding tert-OH is 1. The predicted octanol–water partition coefficient (Wildman–Crippen LogP) is 1.68. The van der Waals surface area contributed by atoms with Crippen molar-refractivity contribution in [2.75, 3.05) is 6.61 Å². The van der Waals surface area contributed by atoms with Crippen molar-refractivity contribution in [1.82, 2.24) is 0 Å². The Hall–Kier alpha value is -1.65. The average molecular weight is 262 g/mol. The topological polar surface area (TPSA) is 55.8 Å². The third-order valence-electron chi connectivity index (χ3n) is 3.59. The van der Waals surface area contributed by atoms with E-state index in [1.165, 1.54) is 0 Å². The molecule has 1 aromatic rings. The van der Waals surface area contributed by atoms with Crippen LogP contribution in [0.3, 0.4) is 0 Å². The maximum Gasteiger partial charge on any atom is 0.336 e. The van der Waals surface area contributed by atoms with Crippen molar-refractivity contribution < 1.29 is 19.4 Å². The maximum atomic E-state index is 11.4. The second-order valence-corrected chi connectivity index (χ2v) is 4.90. The minimum atomic E-state index is -1.17. The van der Waals surface area contributed by atoms with E-state index in [1.54, 1.807) is 13.0 Å². The van der Waals surface area contributed by atoms with Crippen LogP contribution in [0.15, 0.2) is 43.0 Å². The fraction of sp³-hybridized carbons (Fsp3) is 0.400. The van der Waals surface area contributed by atoms with E-state index in [0.29, 0.717) is 6.61 Å². The molecule has 102 valence electrons. The molecular formula is C15H18O4. The summed E-state index contributed by atoms with van der Waals surface area (Å²) in [6.45, 7) is 6.09. The molecule has 0 amide bonds. The van der Waals surface area contributed by atoms with Crippen LogP contribution in [0.2, 0.25) is 0 Å². The van der Waals surface area contributed by atoms with Gasteiger partial charge in [-0.05, 0) is 12.5 Å². The first kappa shape index (κ1) is 13.8. The van der Waals surface area contributed by atoms with Crippen molar-refractivity contribution in [3.05, 3.63) is 48.6 Å². The van der Waals surface area contributed by atoms with Gasteiger partial charge in [-0.2, -0.15) is 0 Å². The van der Waals surface area contributed by atoms with Gasteiger partial charge in [-0.15, -0.1) is 6.58 Å². The minimum Gasteiger partial charge on any atom is -0.457 e. The summed E-state index contributed by atoms with van der Waals surface area (Å²) in [6.07, 6.45) is -0.120. The summed E-state index contributed by atoms with van der Waals surface area (Å²) in [6, 6.07) is 9.73. The molecule has 1 aliphatic heterocycles. The Balaban J connectivity index is 1.92. The number of esters is 1. The van der Waals surface area contributed by atoms with E-state index in [9.17, 15) is 9.90 Å². The van der Waals surface area contributed by atoms with Crippen molar-refractivity contribution in [3.8, 4) is 0 Å². The summed E-state index contributed by atoms with van der Waals surface area (Å²) in [5.74, 6) is -0.615. The molecular weight excluding hydrogens is 244 g/mol. The summed E-state index contributed by atoms with van der Waals surface area (Å²) in [7, 11) is 0. The Kier molecular flexibility index (Phi) is 4.02. The lowest BCUT2D eigenvalue weighted by molar-refractivity contribution is -0.149. The fourth-order valence-corrected chi connectivity index (χ4v) is 2.08. The quantitative estimate of drug-likeness (QED) is 0.648. The largest absolute Gasteiger partial charge is 0.457 e. The van der Waals surface area contributed by atoms with E-state index in [2.05, 4.69) is 6.58 Å². The molecule has 1 heterocycles. The van der Waals surface area contributed by atoms with E-state index in [0.717, 1.165) is 5.56 Å². The van der Waals surface area contributed by atoms with Gasteiger partial charge in [0.05, 0.1) is 18.6 Å². The molecule has 0 bridgehead atoms. The van der Waals surface area contributed by atoms with Gasteiger partial charge < -0.3 is 14.6 Å². The monoisotopic (exact) mass is 262 g/mol. The number of rotatable bonds is 5. The number of benzene rings is 1. The van der Waals surface area contributed by atoms with Crippen LogP contribution in [-0.4, -0.2) is 29.9 Å². The van der Waals surface area contributed by atoms with Crippen LogP contribution in [0, 0.1) is 5.41 Å². The molecule has 4 nitrogen and oxygen atoms in total. The molecule has 4 heteroatoms. The number of carbonyl (C=O) groups excluding carboxylic acids is 1. The van der Waals surface area contributed by atoms with Crippen molar-refractivity contribution in [2.45, 2.75) is 25.7 Å². The third kappa shape index (κ3) is 2.69. The number of cyclic esters (lactones) is 1. The Bertz CT molecular complexity index is 456. The zero-order chi connectivity index (χ0) is 13.9. The van der Waals surface area contributed by atoms with Gasteiger partial charge in [-0.25, -0.2) is 4.79 Å². The van der Waals surface area contributed by atoms with E-state index in [4.69, 9.17) is 9.47 Å². The molecule has 0 unspecified atom stereocenters. The molecule has 0 saturated carbocycles. The van der Waals surface area contributed by atoms with Crippen LogP contribution in [0.5, 0.6) is 0 Å². The van der Waals surface area contributed by atoms with Crippen LogP contribution in [0.1, 0.15) is 12.5 Å². The second-order valence-electron chi connectivity index (χ2n) is 4.90. The average Bonchev–Trinajstić information content (AvgIpc) is 2.65. The summed E-state index contributed by atoms with van der Waals surface area (Å²) in [5.41, 5.74) is 0.251. The Labute approximate surface area is 112 Å². The highest BCUT2D eigenvalue weighted by Crippen LogP contribution is 2.37. The summed E-state index contributed by atoms with van der Waals surface area (Å²) in [4.78, 5) is 11.4. The van der Waals surface area contributed by atoms with Gasteiger partial charge in [0.15, 0.2) is 6.10 Å². The van der Waals surface area contributed by atoms with Crippen LogP contribution < -0.4 is 0 Å². The summed E-state index contributed by atoms with van der Waals surface area (Å²) in [5, 5.41) is 9.80. The van der Waals surface area contributed by atoms with Gasteiger partial charge >= 0.3 is 5.97 Å². The minimum absolute atomic E-state index is 0.236. The fourth-order valence-electron chi connectivity index (χ4n) is 2.08. The van der Waals surface area contributed by atoms with E-state index in [1.807, 2.05) is 30.3 Å². The number of hydrogen-bond donors (Lipinski definition) is 1. The van der Waals surface area contributed by atoms with Crippen LogP contribution in [0.4, 0.5) is 0 Å². The molecule has 19 heavy (non-hydrogen) atoms. The zero-order valence-electron chi connectivity index (χ0n) is 10.9. The maximum absolute atomic E-state index is 11.4. The Morgan fingerprint density at radius 3 is 2.79 bits per heavy atom. The van der Waals surface area contributed by atoms with Gasteiger partial charge in [0, 0.05) is 0 Å². The van der Waals surface area contributed by atoms with E-state index in [-0.39, 0.29) is 6.61 Å². The van der Waals surface area contributed by atoms with Gasteiger partial charge in [0.2, 0.25) is 0 Å². The van der Waals surface area contributed by atoms with E-state index >= 15 is 0 Å². The molecule has 3 atom stereocenters. The first-order valence-corrected chi connectivity index (χ1v) is 6.21. The predicted molar refractivity (Wildman–Crippen MR) is 70.3 cm³/mol. The summed E-state index contributed by atoms with van der Waals surface area (Å²) < 4.78 is 10.7. The smallest absolute Gasteiger partial charge is 0.336 e. The molecule has 1 aliphatic rings. The van der Waals surface area contributed by atoms with Gasteiger partial charge in [-0.1, -0.05) is 36.4 Å².